The third kappa shape index (κ3) is 8.07. The number of hydrogen-bond acceptors (Lipinski definition) is 0. The molecule has 0 fully saturated rings. The maximum absolute atomic E-state index is 2.35. The number of halogens is 2. The molecule has 0 bridgehead atoms. The predicted octanol–water partition coefficient (Wildman–Crippen LogP) is 7.02. The summed E-state index contributed by atoms with van der Waals surface area (Å²) in [6, 6.07) is 40.1. The molecule has 0 amide bonds. The second-order valence-corrected chi connectivity index (χ2v) is 13.7. The molecule has 0 nitrogen and oxygen atoms in total. The van der Waals surface area contributed by atoms with E-state index in [1.54, 1.807) is 28.5 Å². The van der Waals surface area contributed by atoms with Crippen LogP contribution in [-0.2, 0) is 23.3 Å². The molecule has 0 atom stereocenters. The van der Waals surface area contributed by atoms with Crippen LogP contribution < -0.4 is 5.19 Å². The van der Waals surface area contributed by atoms with E-state index < -0.39 is 0 Å². The molecule has 5 aromatic carbocycles. The van der Waals surface area contributed by atoms with Crippen molar-refractivity contribution in [3.05, 3.63) is 115 Å². The number of benzene rings is 3. The van der Waals surface area contributed by atoms with E-state index in [0.717, 1.165) is 0 Å². The summed E-state index contributed by atoms with van der Waals surface area (Å²) in [6.45, 7) is 2.35. The van der Waals surface area contributed by atoms with Crippen molar-refractivity contribution in [2.45, 2.75) is 6.55 Å². The van der Waals surface area contributed by atoms with Crippen molar-refractivity contribution < 1.29 is 23.3 Å². The molecule has 0 N–H and O–H groups in total. The summed E-state index contributed by atoms with van der Waals surface area (Å²) in [7, 11) is 0. The van der Waals surface area contributed by atoms with Gasteiger partial charge in [-0.05, 0) is 0 Å². The molecule has 0 unspecified atom stereocenters. The number of hydrogen-bond donors (Lipinski definition) is 0. The standard InChI is InChI=1S/2C9H7.C7H8Si.2ClH.Zr/c2*1-2-5-9-7-3-6-8(9)4-1;1-8-7-5-3-2-4-6-7;;;/h2*1-7H;2-6H,1H3;2*1H;/q2*-1;;;;+2. The fourth-order valence-electron chi connectivity index (χ4n) is 2.83. The minimum Gasteiger partial charge on any atom is -0.168 e. The Bertz CT molecular complexity index is 987. The largest absolute Gasteiger partial charge is 0.168 e. The molecule has 0 spiro atoms. The number of rotatable bonds is 1. The molecule has 0 aliphatic heterocycles. The van der Waals surface area contributed by atoms with Crippen molar-refractivity contribution in [3.63, 3.8) is 0 Å². The summed E-state index contributed by atoms with van der Waals surface area (Å²) in [5, 5.41) is 6.88. The van der Waals surface area contributed by atoms with Crippen molar-refractivity contribution in [2.75, 3.05) is 0 Å². The van der Waals surface area contributed by atoms with Gasteiger partial charge in [0.1, 0.15) is 0 Å². The van der Waals surface area contributed by atoms with Gasteiger partial charge in [0.15, 0.2) is 0 Å². The van der Waals surface area contributed by atoms with Gasteiger partial charge in [0.25, 0.3) is 0 Å². The zero-order valence-corrected chi connectivity index (χ0v) is 21.4. The van der Waals surface area contributed by atoms with Crippen LogP contribution in [0.4, 0.5) is 0 Å². The summed E-state index contributed by atoms with van der Waals surface area (Å²) in [6.07, 6.45) is 0. The van der Waals surface area contributed by atoms with Gasteiger partial charge >= 0.3 is 70.8 Å². The number of fused-ring (bicyclic) bond motifs is 2. The van der Waals surface area contributed by atoms with E-state index in [9.17, 15) is 0 Å². The third-order valence-electron chi connectivity index (χ3n) is 4.30. The van der Waals surface area contributed by atoms with Gasteiger partial charge < -0.3 is 0 Å². The van der Waals surface area contributed by atoms with E-state index in [1.165, 1.54) is 21.5 Å². The second-order valence-electron chi connectivity index (χ2n) is 6.30. The molecule has 0 radical (unpaired) electrons. The Kier molecular flexibility index (Phi) is 12.1. The van der Waals surface area contributed by atoms with E-state index in [-0.39, 0.29) is 30.2 Å². The molecule has 0 saturated heterocycles. The van der Waals surface area contributed by atoms with Crippen LogP contribution in [-0.4, -0.2) is 5.43 Å². The van der Waals surface area contributed by atoms with Gasteiger partial charge in [-0.1, -0.05) is 12.1 Å². The van der Waals surface area contributed by atoms with Crippen LogP contribution in [0.5, 0.6) is 0 Å². The van der Waals surface area contributed by atoms with E-state index in [0.29, 0.717) is 0 Å². The molecule has 0 aromatic heterocycles. The summed E-state index contributed by atoms with van der Waals surface area (Å²) >= 11 is 1.69. The van der Waals surface area contributed by atoms with Gasteiger partial charge in [0.05, 0.1) is 0 Å². The fraction of sp³-hybridized carbons (Fsp3) is 0.0400. The summed E-state index contributed by atoms with van der Waals surface area (Å²) in [5.74, 6) is 0. The quantitative estimate of drug-likeness (QED) is 0.167. The minimum atomic E-state index is -0.122. The molecule has 29 heavy (non-hydrogen) atoms. The first-order chi connectivity index (χ1) is 13.2. The Morgan fingerprint density at radius 2 is 1.00 bits per heavy atom. The Hall–Kier alpha value is -1.44. The second kappa shape index (κ2) is 13.7. The smallest absolute Gasteiger partial charge is 0.0809 e. The Morgan fingerprint density at radius 1 is 0.586 bits per heavy atom. The summed E-state index contributed by atoms with van der Waals surface area (Å²) < 4.78 is 0. The summed E-state index contributed by atoms with van der Waals surface area (Å²) in [4.78, 5) is 0. The topological polar surface area (TPSA) is 0 Å². The first kappa shape index (κ1) is 25.6. The van der Waals surface area contributed by atoms with Crippen LogP contribution in [0.2, 0.25) is 6.55 Å². The molecule has 5 aromatic rings. The first-order valence-electron chi connectivity index (χ1n) is 9.05. The van der Waals surface area contributed by atoms with Crippen LogP contribution in [0.15, 0.2) is 115 Å². The normalized spacial score (nSPS) is 9.21. The zero-order valence-electron chi connectivity index (χ0n) is 16.3. The van der Waals surface area contributed by atoms with Crippen molar-refractivity contribution in [3.8, 4) is 0 Å². The minimum absolute atomic E-state index is 0. The van der Waals surface area contributed by atoms with Gasteiger partial charge in [-0.25, -0.2) is 0 Å². The van der Waals surface area contributed by atoms with Crippen LogP contribution in [0.3, 0.4) is 0 Å². The van der Waals surface area contributed by atoms with Crippen LogP contribution in [0, 0.1) is 0 Å². The molecular weight excluding hydrogens is 490 g/mol. The van der Waals surface area contributed by atoms with Crippen molar-refractivity contribution in [1.82, 2.24) is 0 Å². The first-order valence-corrected chi connectivity index (χ1v) is 14.7. The average Bonchev–Trinajstić information content (AvgIpc) is 3.39. The van der Waals surface area contributed by atoms with E-state index in [4.69, 9.17) is 0 Å². The molecule has 0 aliphatic carbocycles. The van der Waals surface area contributed by atoms with Crippen LogP contribution >= 0.6 is 24.8 Å². The molecule has 0 aliphatic rings. The molecule has 4 heteroatoms. The van der Waals surface area contributed by atoms with E-state index in [1.807, 2.05) is 0 Å². The van der Waals surface area contributed by atoms with Crippen LogP contribution in [0.25, 0.3) is 21.5 Å². The molecule has 146 valence electrons. The predicted molar refractivity (Wildman–Crippen MR) is 131 cm³/mol. The van der Waals surface area contributed by atoms with Gasteiger partial charge in [-0.3, -0.25) is 0 Å². The van der Waals surface area contributed by atoms with Crippen molar-refractivity contribution in [1.29, 1.82) is 0 Å². The average molecular weight is 515 g/mol. The van der Waals surface area contributed by atoms with Crippen molar-refractivity contribution >= 4 is 57.0 Å². The van der Waals surface area contributed by atoms with Crippen LogP contribution in [0.1, 0.15) is 0 Å². The van der Waals surface area contributed by atoms with Gasteiger partial charge in [-0.2, -0.15) is 35.0 Å². The van der Waals surface area contributed by atoms with Gasteiger partial charge in [0.2, 0.25) is 0 Å². The van der Waals surface area contributed by atoms with Gasteiger partial charge in [-0.15, -0.1) is 84.1 Å². The molecular formula is C25H24Cl2SiZr. The van der Waals surface area contributed by atoms with E-state index in [2.05, 4.69) is 122 Å². The summed E-state index contributed by atoms with van der Waals surface area (Å²) in [5.41, 5.74) is -0.122. The molecule has 0 heterocycles. The Morgan fingerprint density at radius 3 is 1.38 bits per heavy atom. The Balaban J connectivity index is 0.000000210. The van der Waals surface area contributed by atoms with Crippen molar-refractivity contribution in [2.24, 2.45) is 0 Å². The van der Waals surface area contributed by atoms with Gasteiger partial charge in [0, 0.05) is 0 Å². The van der Waals surface area contributed by atoms with E-state index >= 15 is 0 Å². The maximum atomic E-state index is 2.35. The third-order valence-corrected chi connectivity index (χ3v) is 7.63. The monoisotopic (exact) mass is 512 g/mol. The SMILES string of the molecule is C[Si](=[Zr+2])c1ccccc1.Cl.Cl.c1ccc2[cH-]ccc2c1.c1ccc2[cH-]ccc2c1. The molecule has 5 rings (SSSR count). The molecule has 0 saturated carbocycles. The Labute approximate surface area is 200 Å². The maximum Gasteiger partial charge on any atom is -0.0809 e. The fourth-order valence-corrected chi connectivity index (χ4v) is 4.75. The zero-order chi connectivity index (χ0) is 18.9.